The summed E-state index contributed by atoms with van der Waals surface area (Å²) in [6.45, 7) is 0.965. The minimum atomic E-state index is -0.719. The minimum Gasteiger partial charge on any atom is -0.467 e. The number of methoxy groups -OCH3 is 1. The van der Waals surface area contributed by atoms with Crippen LogP contribution in [-0.2, 0) is 14.3 Å². The number of carbonyl (C=O) groups excluding carboxylic acids is 2. The van der Waals surface area contributed by atoms with Crippen molar-refractivity contribution in [1.82, 2.24) is 4.90 Å². The van der Waals surface area contributed by atoms with Gasteiger partial charge in [-0.25, -0.2) is 4.79 Å². The Balaban J connectivity index is 2.16. The highest BCUT2D eigenvalue weighted by atomic mass is 79.9. The monoisotopic (exact) mass is 405 g/mol. The fraction of sp³-hybridized carbons (Fsp3) is 0.385. The number of halogens is 2. The molecule has 0 spiro atoms. The maximum atomic E-state index is 12.5. The Hall–Kier alpha value is -0.920. The van der Waals surface area contributed by atoms with Gasteiger partial charge in [-0.1, -0.05) is 15.9 Å². The third-order valence-corrected chi connectivity index (χ3v) is 4.16. The molecular weight excluding hydrogens is 394 g/mol. The van der Waals surface area contributed by atoms with E-state index in [0.717, 1.165) is 4.47 Å². The standard InChI is InChI=1S/C13H13Br2NO4/c1-19-13(18)11-7-16(4-5-20-11)12(17)9-6-8(14)2-3-10(9)15/h2-3,6,11H,4-5,7H2,1H3. The topological polar surface area (TPSA) is 55.8 Å². The van der Waals surface area contributed by atoms with Gasteiger partial charge in [0, 0.05) is 15.5 Å². The third kappa shape index (κ3) is 3.39. The number of ether oxygens (including phenoxy) is 2. The number of hydrogen-bond donors (Lipinski definition) is 0. The second-order valence-corrected chi connectivity index (χ2v) is 6.03. The number of hydrogen-bond acceptors (Lipinski definition) is 4. The molecular formula is C13H13Br2NO4. The number of morpholine rings is 1. The van der Waals surface area contributed by atoms with E-state index in [0.29, 0.717) is 23.2 Å². The van der Waals surface area contributed by atoms with E-state index in [4.69, 9.17) is 4.74 Å². The van der Waals surface area contributed by atoms with Crippen LogP contribution >= 0.6 is 31.9 Å². The maximum Gasteiger partial charge on any atom is 0.336 e. The van der Waals surface area contributed by atoms with Gasteiger partial charge in [0.1, 0.15) is 0 Å². The molecule has 1 amide bonds. The molecule has 5 nitrogen and oxygen atoms in total. The normalized spacial score (nSPS) is 18.8. The maximum absolute atomic E-state index is 12.5. The van der Waals surface area contributed by atoms with Gasteiger partial charge in [0.15, 0.2) is 6.10 Å². The van der Waals surface area contributed by atoms with Crippen LogP contribution in [0.2, 0.25) is 0 Å². The quantitative estimate of drug-likeness (QED) is 0.706. The SMILES string of the molecule is COC(=O)C1CN(C(=O)c2cc(Br)ccc2Br)CCO1. The summed E-state index contributed by atoms with van der Waals surface area (Å²) in [5.41, 5.74) is 0.546. The molecule has 20 heavy (non-hydrogen) atoms. The second-order valence-electron chi connectivity index (χ2n) is 4.26. The Kier molecular flexibility index (Phi) is 5.17. The van der Waals surface area contributed by atoms with Crippen molar-refractivity contribution in [2.45, 2.75) is 6.10 Å². The zero-order chi connectivity index (χ0) is 14.7. The molecule has 0 aliphatic carbocycles. The van der Waals surface area contributed by atoms with E-state index in [2.05, 4.69) is 36.6 Å². The molecule has 1 fully saturated rings. The Bertz CT molecular complexity index is 535. The largest absolute Gasteiger partial charge is 0.467 e. The summed E-state index contributed by atoms with van der Waals surface area (Å²) in [7, 11) is 1.30. The van der Waals surface area contributed by atoms with Gasteiger partial charge in [-0.15, -0.1) is 0 Å². The Morgan fingerprint density at radius 1 is 1.40 bits per heavy atom. The van der Waals surface area contributed by atoms with Gasteiger partial charge in [-0.2, -0.15) is 0 Å². The number of esters is 1. The van der Waals surface area contributed by atoms with Crippen LogP contribution < -0.4 is 0 Å². The molecule has 0 bridgehead atoms. The summed E-state index contributed by atoms with van der Waals surface area (Å²) in [6, 6.07) is 5.39. The molecule has 1 aromatic carbocycles. The molecule has 0 N–H and O–H groups in total. The fourth-order valence-corrected chi connectivity index (χ4v) is 2.72. The van der Waals surface area contributed by atoms with Crippen LogP contribution in [0.15, 0.2) is 27.1 Å². The van der Waals surface area contributed by atoms with E-state index in [1.807, 2.05) is 6.07 Å². The Labute approximate surface area is 133 Å². The average Bonchev–Trinajstić information content (AvgIpc) is 2.48. The van der Waals surface area contributed by atoms with Gasteiger partial charge >= 0.3 is 5.97 Å². The summed E-state index contributed by atoms with van der Waals surface area (Å²) in [5.74, 6) is -0.605. The molecule has 1 heterocycles. The predicted molar refractivity (Wildman–Crippen MR) is 79.5 cm³/mol. The summed E-state index contributed by atoms with van der Waals surface area (Å²) < 4.78 is 11.5. The lowest BCUT2D eigenvalue weighted by Gasteiger charge is -2.31. The lowest BCUT2D eigenvalue weighted by atomic mass is 10.1. The Morgan fingerprint density at radius 3 is 2.85 bits per heavy atom. The van der Waals surface area contributed by atoms with Crippen LogP contribution in [0, 0.1) is 0 Å². The summed E-state index contributed by atoms with van der Waals surface area (Å²) in [6.07, 6.45) is -0.719. The zero-order valence-electron chi connectivity index (χ0n) is 10.8. The molecule has 1 unspecified atom stereocenters. The highest BCUT2D eigenvalue weighted by molar-refractivity contribution is 9.11. The molecule has 108 valence electrons. The number of nitrogens with zero attached hydrogens (tertiary/aromatic N) is 1. The van der Waals surface area contributed by atoms with E-state index in [1.54, 1.807) is 17.0 Å². The minimum absolute atomic E-state index is 0.143. The first-order valence-corrected chi connectivity index (χ1v) is 7.55. The highest BCUT2D eigenvalue weighted by Crippen LogP contribution is 2.23. The number of benzene rings is 1. The van der Waals surface area contributed by atoms with Gasteiger partial charge in [0.2, 0.25) is 0 Å². The van der Waals surface area contributed by atoms with Gasteiger partial charge in [0.05, 0.1) is 25.8 Å². The fourth-order valence-electron chi connectivity index (χ4n) is 1.94. The number of carbonyl (C=O) groups is 2. The van der Waals surface area contributed by atoms with Crippen molar-refractivity contribution in [3.05, 3.63) is 32.7 Å². The molecule has 1 aromatic rings. The van der Waals surface area contributed by atoms with Crippen molar-refractivity contribution in [2.75, 3.05) is 26.8 Å². The molecule has 1 aliphatic heterocycles. The van der Waals surface area contributed by atoms with Crippen molar-refractivity contribution < 1.29 is 19.1 Å². The first-order valence-electron chi connectivity index (χ1n) is 5.96. The van der Waals surface area contributed by atoms with Crippen molar-refractivity contribution in [2.24, 2.45) is 0 Å². The predicted octanol–water partition coefficient (Wildman–Crippen LogP) is 2.23. The van der Waals surface area contributed by atoms with Crippen molar-refractivity contribution in [3.63, 3.8) is 0 Å². The molecule has 0 radical (unpaired) electrons. The highest BCUT2D eigenvalue weighted by Gasteiger charge is 2.30. The van der Waals surface area contributed by atoms with Crippen molar-refractivity contribution >= 4 is 43.7 Å². The van der Waals surface area contributed by atoms with Crippen LogP contribution in [0.3, 0.4) is 0 Å². The molecule has 1 atom stereocenters. The first kappa shape index (κ1) is 15.5. The van der Waals surface area contributed by atoms with Gasteiger partial charge in [-0.3, -0.25) is 4.79 Å². The van der Waals surface area contributed by atoms with E-state index < -0.39 is 12.1 Å². The zero-order valence-corrected chi connectivity index (χ0v) is 13.9. The molecule has 1 saturated heterocycles. The van der Waals surface area contributed by atoms with Crippen molar-refractivity contribution in [1.29, 1.82) is 0 Å². The Morgan fingerprint density at radius 2 is 2.15 bits per heavy atom. The second kappa shape index (κ2) is 6.69. The van der Waals surface area contributed by atoms with Crippen LogP contribution in [0.4, 0.5) is 0 Å². The lowest BCUT2D eigenvalue weighted by molar-refractivity contribution is -0.158. The van der Waals surface area contributed by atoms with Gasteiger partial charge in [0.25, 0.3) is 5.91 Å². The van der Waals surface area contributed by atoms with Crippen LogP contribution in [0.5, 0.6) is 0 Å². The van der Waals surface area contributed by atoms with E-state index in [1.165, 1.54) is 7.11 Å². The molecule has 1 aliphatic rings. The summed E-state index contributed by atoms with van der Waals surface area (Å²) in [4.78, 5) is 25.6. The van der Waals surface area contributed by atoms with E-state index in [-0.39, 0.29) is 12.5 Å². The third-order valence-electron chi connectivity index (χ3n) is 2.98. The average molecular weight is 407 g/mol. The van der Waals surface area contributed by atoms with Crippen LogP contribution in [-0.4, -0.2) is 49.7 Å². The van der Waals surface area contributed by atoms with Crippen LogP contribution in [0.25, 0.3) is 0 Å². The van der Waals surface area contributed by atoms with E-state index >= 15 is 0 Å². The number of amides is 1. The van der Waals surface area contributed by atoms with Gasteiger partial charge < -0.3 is 14.4 Å². The lowest BCUT2D eigenvalue weighted by Crippen LogP contribution is -2.49. The van der Waals surface area contributed by atoms with Crippen molar-refractivity contribution in [3.8, 4) is 0 Å². The molecule has 0 saturated carbocycles. The summed E-state index contributed by atoms with van der Waals surface area (Å²) in [5, 5.41) is 0. The molecule has 7 heteroatoms. The smallest absolute Gasteiger partial charge is 0.336 e. The van der Waals surface area contributed by atoms with Crippen LogP contribution in [0.1, 0.15) is 10.4 Å². The van der Waals surface area contributed by atoms with Gasteiger partial charge in [-0.05, 0) is 34.1 Å². The first-order chi connectivity index (χ1) is 9.52. The number of rotatable bonds is 2. The van der Waals surface area contributed by atoms with E-state index in [9.17, 15) is 9.59 Å². The molecule has 0 aromatic heterocycles. The molecule has 2 rings (SSSR count). The summed E-state index contributed by atoms with van der Waals surface area (Å²) >= 11 is 6.71.